The van der Waals surface area contributed by atoms with Gasteiger partial charge in [0.05, 0.1) is 13.7 Å². The Bertz CT molecular complexity index is 370. The van der Waals surface area contributed by atoms with E-state index in [0.717, 1.165) is 13.7 Å². The molecule has 0 aliphatic heterocycles. The zero-order valence-electron chi connectivity index (χ0n) is 16.5. The van der Waals surface area contributed by atoms with Crippen molar-refractivity contribution in [2.24, 2.45) is 0 Å². The van der Waals surface area contributed by atoms with Gasteiger partial charge in [-0.1, -0.05) is 70.4 Å². The normalized spacial score (nSPS) is 11.5. The van der Waals surface area contributed by atoms with Crippen LogP contribution in [0, 0.1) is 0 Å². The quantitative estimate of drug-likeness (QED) is 0.186. The molecule has 0 aromatic carbocycles. The number of hydrogen-bond donors (Lipinski definition) is 1. The minimum absolute atomic E-state index is 0.808. The predicted molar refractivity (Wildman–Crippen MR) is 104 cm³/mol. The van der Waals surface area contributed by atoms with Crippen molar-refractivity contribution in [3.8, 4) is 0 Å². The molecule has 0 rings (SSSR count). The number of unbranched alkanes of at least 4 members (excludes halogenated alkanes) is 12. The first-order chi connectivity index (χ1) is 12.0. The minimum Gasteiger partial charge on any atom is -0.726 e. The third-order valence-electron chi connectivity index (χ3n) is 3.97. The van der Waals surface area contributed by atoms with Gasteiger partial charge in [0.1, 0.15) is 0 Å². The van der Waals surface area contributed by atoms with Crippen molar-refractivity contribution in [3.63, 3.8) is 0 Å². The molecule has 25 heavy (non-hydrogen) atoms. The maximum atomic E-state index is 9.22. The molecule has 0 aromatic rings. The summed E-state index contributed by atoms with van der Waals surface area (Å²) in [4.78, 5) is 0. The summed E-state index contributed by atoms with van der Waals surface area (Å²) in [7, 11) is -3.60. The fourth-order valence-electron chi connectivity index (χ4n) is 2.42. The van der Waals surface area contributed by atoms with Gasteiger partial charge in [-0.2, -0.15) is 0 Å². The molecular formula is C19H41NO4S. The largest absolute Gasteiger partial charge is 0.726 e. The summed E-state index contributed by atoms with van der Waals surface area (Å²) in [6.45, 7) is 3.39. The zero-order chi connectivity index (χ0) is 19.2. The topological polar surface area (TPSA) is 94.1 Å². The van der Waals surface area contributed by atoms with Crippen molar-refractivity contribution in [1.29, 1.82) is 0 Å². The maximum absolute atomic E-state index is 9.22. The third kappa shape index (κ3) is 31.8. The second-order valence-corrected chi connectivity index (χ2v) is 7.52. The van der Waals surface area contributed by atoms with Crippen LogP contribution in [0.2, 0.25) is 0 Å². The lowest BCUT2D eigenvalue weighted by Gasteiger charge is -1.99. The number of quaternary nitrogens is 1. The van der Waals surface area contributed by atoms with Crippen molar-refractivity contribution in [3.05, 3.63) is 12.2 Å². The van der Waals surface area contributed by atoms with E-state index in [1.807, 2.05) is 0 Å². The molecule has 0 heterocycles. The van der Waals surface area contributed by atoms with Crippen LogP contribution in [-0.2, 0) is 14.6 Å². The molecule has 3 N–H and O–H groups in total. The lowest BCUT2D eigenvalue weighted by Crippen LogP contribution is -2.50. The summed E-state index contributed by atoms with van der Waals surface area (Å²) in [6.07, 6.45) is 24.2. The summed E-state index contributed by atoms with van der Waals surface area (Å²) in [5, 5.41) is 0. The first-order valence-electron chi connectivity index (χ1n) is 9.93. The van der Waals surface area contributed by atoms with Crippen molar-refractivity contribution in [2.45, 2.75) is 96.8 Å². The van der Waals surface area contributed by atoms with Gasteiger partial charge in [-0.3, -0.25) is 4.18 Å². The van der Waals surface area contributed by atoms with Crippen LogP contribution in [0.3, 0.4) is 0 Å². The predicted octanol–water partition coefficient (Wildman–Crippen LogP) is 4.36. The van der Waals surface area contributed by atoms with Crippen LogP contribution in [0.25, 0.3) is 0 Å². The third-order valence-corrected chi connectivity index (χ3v) is 4.37. The second-order valence-electron chi connectivity index (χ2n) is 6.37. The van der Waals surface area contributed by atoms with Gasteiger partial charge in [-0.25, -0.2) is 8.42 Å². The minimum atomic E-state index is -4.41. The van der Waals surface area contributed by atoms with Crippen molar-refractivity contribution >= 4 is 10.4 Å². The zero-order valence-corrected chi connectivity index (χ0v) is 17.3. The Morgan fingerprint density at radius 3 is 1.52 bits per heavy atom. The lowest BCUT2D eigenvalue weighted by molar-refractivity contribution is -0.368. The molecule has 0 fully saturated rings. The van der Waals surface area contributed by atoms with E-state index < -0.39 is 10.4 Å². The molecule has 0 aromatic heterocycles. The van der Waals surface area contributed by atoms with Crippen molar-refractivity contribution in [1.82, 2.24) is 0 Å². The molecule has 0 radical (unpaired) electrons. The van der Waals surface area contributed by atoms with Crippen LogP contribution >= 0.6 is 0 Å². The van der Waals surface area contributed by atoms with Gasteiger partial charge in [-0.15, -0.1) is 0 Å². The SMILES string of the molecule is CCCCCCCC/C=C\CCCCCCCC[NH3+].COS(=O)(=O)[O-]. The molecular weight excluding hydrogens is 338 g/mol. The Hall–Kier alpha value is -0.430. The Morgan fingerprint density at radius 1 is 0.800 bits per heavy atom. The average Bonchev–Trinajstić information content (AvgIpc) is 2.58. The summed E-state index contributed by atoms with van der Waals surface area (Å²) >= 11 is 0. The smallest absolute Gasteiger partial charge is 0.217 e. The van der Waals surface area contributed by atoms with Gasteiger partial charge in [0.2, 0.25) is 10.4 Å². The molecule has 0 aliphatic carbocycles. The lowest BCUT2D eigenvalue weighted by atomic mass is 10.1. The van der Waals surface area contributed by atoms with E-state index >= 15 is 0 Å². The van der Waals surface area contributed by atoms with Crippen molar-refractivity contribution in [2.75, 3.05) is 13.7 Å². The Kier molecular flexibility index (Phi) is 23.2. The number of allylic oxidation sites excluding steroid dienone is 2. The monoisotopic (exact) mass is 379 g/mol. The summed E-state index contributed by atoms with van der Waals surface area (Å²) < 4.78 is 31.0. The van der Waals surface area contributed by atoms with Crippen LogP contribution in [-0.4, -0.2) is 26.6 Å². The summed E-state index contributed by atoms with van der Waals surface area (Å²) in [5.41, 5.74) is 3.88. The molecule has 6 heteroatoms. The molecule has 0 spiro atoms. The van der Waals surface area contributed by atoms with Gasteiger partial charge in [0.25, 0.3) is 0 Å². The first-order valence-corrected chi connectivity index (χ1v) is 11.3. The van der Waals surface area contributed by atoms with Crippen LogP contribution in [0.5, 0.6) is 0 Å². The van der Waals surface area contributed by atoms with Gasteiger partial charge >= 0.3 is 0 Å². The van der Waals surface area contributed by atoms with Crippen molar-refractivity contribution < 1.29 is 22.9 Å². The molecule has 0 saturated carbocycles. The number of rotatable bonds is 16. The second kappa shape index (κ2) is 21.6. The molecule has 0 atom stereocenters. The first kappa shape index (κ1) is 26.8. The summed E-state index contributed by atoms with van der Waals surface area (Å²) in [5.74, 6) is 0. The maximum Gasteiger partial charge on any atom is 0.217 e. The van der Waals surface area contributed by atoms with Gasteiger partial charge in [0.15, 0.2) is 0 Å². The van der Waals surface area contributed by atoms with E-state index in [1.165, 1.54) is 89.9 Å². The molecule has 0 bridgehead atoms. The van der Waals surface area contributed by atoms with E-state index in [1.54, 1.807) is 0 Å². The van der Waals surface area contributed by atoms with E-state index in [2.05, 4.69) is 29.0 Å². The van der Waals surface area contributed by atoms with Crippen LogP contribution in [0.15, 0.2) is 12.2 Å². The average molecular weight is 380 g/mol. The van der Waals surface area contributed by atoms with E-state index in [-0.39, 0.29) is 0 Å². The molecule has 0 unspecified atom stereocenters. The highest BCUT2D eigenvalue weighted by Gasteiger charge is 1.90. The highest BCUT2D eigenvalue weighted by atomic mass is 32.3. The molecule has 0 aliphatic rings. The number of hydrogen-bond acceptors (Lipinski definition) is 4. The Labute approximate surface area is 156 Å². The standard InChI is InChI=1S/C18H37N.CH4O4S/c1-2-3-4-5-6-7-8-9-10-11-12-13-14-15-16-17-18-19;1-5-6(2,3)4/h9-10H,2-8,11-19H2,1H3;1H3,(H,2,3,4)/b10-9-;. The summed E-state index contributed by atoms with van der Waals surface area (Å²) in [6, 6.07) is 0. The molecule has 152 valence electrons. The highest BCUT2D eigenvalue weighted by molar-refractivity contribution is 7.80. The Morgan fingerprint density at radius 2 is 1.16 bits per heavy atom. The van der Waals surface area contributed by atoms with Crippen LogP contribution in [0.1, 0.15) is 96.8 Å². The van der Waals surface area contributed by atoms with Gasteiger partial charge < -0.3 is 10.3 Å². The fraction of sp³-hybridized carbons (Fsp3) is 0.895. The Balaban J connectivity index is 0. The van der Waals surface area contributed by atoms with E-state index in [4.69, 9.17) is 0 Å². The van der Waals surface area contributed by atoms with Crippen LogP contribution in [0.4, 0.5) is 0 Å². The van der Waals surface area contributed by atoms with Crippen LogP contribution < -0.4 is 5.73 Å². The fourth-order valence-corrected chi connectivity index (χ4v) is 2.42. The van der Waals surface area contributed by atoms with Gasteiger partial charge in [0, 0.05) is 0 Å². The van der Waals surface area contributed by atoms with Gasteiger partial charge in [-0.05, 0) is 38.5 Å². The highest BCUT2D eigenvalue weighted by Crippen LogP contribution is 2.09. The van der Waals surface area contributed by atoms with E-state index in [9.17, 15) is 13.0 Å². The molecule has 5 nitrogen and oxygen atoms in total. The molecule has 0 amide bonds. The van der Waals surface area contributed by atoms with E-state index in [0.29, 0.717) is 0 Å². The molecule has 0 saturated heterocycles.